The fraction of sp³-hybridized carbons (Fsp3) is 0.333. The number of carbonyl (C=O) groups is 1. The smallest absolute Gasteiger partial charge is 0.295 e. The Kier molecular flexibility index (Phi) is 4.98. The summed E-state index contributed by atoms with van der Waals surface area (Å²) in [5.74, 6) is -0.250. The maximum atomic E-state index is 11.5. The quantitative estimate of drug-likeness (QED) is 0.349. The maximum Gasteiger partial charge on any atom is 0.295 e. The third-order valence-corrected chi connectivity index (χ3v) is 3.03. The Morgan fingerprint density at radius 1 is 1.40 bits per heavy atom. The Balaban J connectivity index is 2.70. The van der Waals surface area contributed by atoms with Crippen LogP contribution < -0.4 is 5.43 Å². The van der Waals surface area contributed by atoms with Crippen molar-refractivity contribution in [1.82, 2.24) is 5.43 Å². The molecule has 1 aromatic carbocycles. The molecular weight excluding hydrogens is 282 g/mol. The first-order chi connectivity index (χ1) is 9.08. The van der Waals surface area contributed by atoms with E-state index in [0.29, 0.717) is 10.0 Å². The van der Waals surface area contributed by atoms with E-state index >= 15 is 0 Å². The summed E-state index contributed by atoms with van der Waals surface area (Å²) in [5.41, 5.74) is 2.80. The molecule has 20 heavy (non-hydrogen) atoms. The van der Waals surface area contributed by atoms with Crippen LogP contribution in [0.5, 0.6) is 0 Å². The number of nitrogens with one attached hydrogen (secondary N) is 1. The van der Waals surface area contributed by atoms with Gasteiger partial charge in [0.15, 0.2) is 6.54 Å². The third kappa shape index (κ3) is 5.91. The zero-order valence-electron chi connectivity index (χ0n) is 11.6. The van der Waals surface area contributed by atoms with Crippen LogP contribution in [0.15, 0.2) is 34.3 Å². The molecule has 2 N–H and O–H groups in total. The largest absolute Gasteiger partial charge is 0.323 e. The standard InChI is InChI=1S/C12H17N3O4S/c1-15(2,3)9-12(16)14-13-8-10-5-4-6-11(7-10)20(17,18)19/h4-8H,9H2,1-3H3,(H-,14,16,17,18,19)/p+1. The number of likely N-dealkylation sites (N-methyl/N-ethyl adjacent to an activating group) is 1. The van der Waals surface area contributed by atoms with Crippen molar-refractivity contribution in [3.8, 4) is 0 Å². The van der Waals surface area contributed by atoms with E-state index in [9.17, 15) is 13.2 Å². The lowest BCUT2D eigenvalue weighted by molar-refractivity contribution is -0.862. The highest BCUT2D eigenvalue weighted by atomic mass is 32.2. The molecule has 0 atom stereocenters. The van der Waals surface area contributed by atoms with Crippen LogP contribution in [0.3, 0.4) is 0 Å². The highest BCUT2D eigenvalue weighted by Gasteiger charge is 2.13. The number of nitrogens with zero attached hydrogens (tertiary/aromatic N) is 2. The predicted molar refractivity (Wildman–Crippen MR) is 74.9 cm³/mol. The van der Waals surface area contributed by atoms with Gasteiger partial charge in [0.05, 0.1) is 32.3 Å². The Labute approximate surface area is 118 Å². The van der Waals surface area contributed by atoms with Gasteiger partial charge in [-0.3, -0.25) is 9.35 Å². The van der Waals surface area contributed by atoms with E-state index in [1.165, 1.54) is 24.4 Å². The fourth-order valence-corrected chi connectivity index (χ4v) is 1.94. The van der Waals surface area contributed by atoms with E-state index in [-0.39, 0.29) is 17.3 Å². The van der Waals surface area contributed by atoms with Gasteiger partial charge in [0.25, 0.3) is 16.0 Å². The second kappa shape index (κ2) is 6.12. The van der Waals surface area contributed by atoms with Crippen molar-refractivity contribution in [3.63, 3.8) is 0 Å². The normalized spacial score (nSPS) is 12.6. The first kappa shape index (κ1) is 16.3. The van der Waals surface area contributed by atoms with Crippen LogP contribution in [0, 0.1) is 0 Å². The van der Waals surface area contributed by atoms with Gasteiger partial charge in [-0.1, -0.05) is 12.1 Å². The van der Waals surface area contributed by atoms with Crippen LogP contribution in [0.4, 0.5) is 0 Å². The molecule has 0 saturated heterocycles. The second-order valence-corrected chi connectivity index (χ2v) is 6.71. The molecule has 1 amide bonds. The van der Waals surface area contributed by atoms with Crippen molar-refractivity contribution < 1.29 is 22.2 Å². The number of hydrogen-bond donors (Lipinski definition) is 2. The van der Waals surface area contributed by atoms with Crippen LogP contribution in [-0.4, -0.2) is 57.3 Å². The van der Waals surface area contributed by atoms with Crippen molar-refractivity contribution in [2.75, 3.05) is 27.7 Å². The van der Waals surface area contributed by atoms with Crippen molar-refractivity contribution in [2.45, 2.75) is 4.90 Å². The van der Waals surface area contributed by atoms with E-state index < -0.39 is 10.1 Å². The Hall–Kier alpha value is -1.77. The molecule has 0 radical (unpaired) electrons. The molecule has 0 unspecified atom stereocenters. The second-order valence-electron chi connectivity index (χ2n) is 5.29. The molecular formula is C12H18N3O4S+. The summed E-state index contributed by atoms with van der Waals surface area (Å²) < 4.78 is 31.3. The Bertz CT molecular complexity index is 618. The molecule has 1 aromatic rings. The zero-order valence-corrected chi connectivity index (χ0v) is 12.4. The van der Waals surface area contributed by atoms with Gasteiger partial charge in [0, 0.05) is 0 Å². The predicted octanol–water partition coefficient (Wildman–Crippen LogP) is 0.0896. The third-order valence-electron chi connectivity index (χ3n) is 2.18. The fourth-order valence-electron chi connectivity index (χ4n) is 1.40. The van der Waals surface area contributed by atoms with Crippen LogP contribution >= 0.6 is 0 Å². The molecule has 0 aliphatic heterocycles. The number of benzene rings is 1. The van der Waals surface area contributed by atoms with Crippen molar-refractivity contribution in [1.29, 1.82) is 0 Å². The molecule has 110 valence electrons. The molecule has 0 aliphatic carbocycles. The summed E-state index contributed by atoms with van der Waals surface area (Å²) >= 11 is 0. The highest BCUT2D eigenvalue weighted by molar-refractivity contribution is 7.85. The van der Waals surface area contributed by atoms with Crippen LogP contribution in [0.25, 0.3) is 0 Å². The summed E-state index contributed by atoms with van der Waals surface area (Å²) in [7, 11) is 1.38. The zero-order chi connectivity index (χ0) is 15.4. The topological polar surface area (TPSA) is 95.8 Å². The van der Waals surface area contributed by atoms with Gasteiger partial charge >= 0.3 is 0 Å². The molecule has 0 aromatic heterocycles. The maximum absolute atomic E-state index is 11.5. The summed E-state index contributed by atoms with van der Waals surface area (Å²) in [4.78, 5) is 11.3. The van der Waals surface area contributed by atoms with Gasteiger partial charge < -0.3 is 4.48 Å². The number of quaternary nitrogens is 1. The van der Waals surface area contributed by atoms with E-state index in [0.717, 1.165) is 0 Å². The first-order valence-electron chi connectivity index (χ1n) is 5.78. The Morgan fingerprint density at radius 3 is 2.60 bits per heavy atom. The average molecular weight is 300 g/mol. The van der Waals surface area contributed by atoms with Gasteiger partial charge in [-0.15, -0.1) is 0 Å². The van der Waals surface area contributed by atoms with Crippen molar-refractivity contribution in [2.24, 2.45) is 5.10 Å². The van der Waals surface area contributed by atoms with Crippen LogP contribution in [-0.2, 0) is 14.9 Å². The minimum atomic E-state index is -4.24. The minimum Gasteiger partial charge on any atom is -0.323 e. The molecule has 0 heterocycles. The van der Waals surface area contributed by atoms with Crippen molar-refractivity contribution >= 4 is 22.2 Å². The summed E-state index contributed by atoms with van der Waals surface area (Å²) in [6.07, 6.45) is 1.31. The number of hydrazone groups is 1. The number of hydrogen-bond acceptors (Lipinski definition) is 4. The highest BCUT2D eigenvalue weighted by Crippen LogP contribution is 2.09. The lowest BCUT2D eigenvalue weighted by atomic mass is 10.2. The summed E-state index contributed by atoms with van der Waals surface area (Å²) in [6, 6.07) is 5.59. The average Bonchev–Trinajstić information content (AvgIpc) is 2.25. The first-order valence-corrected chi connectivity index (χ1v) is 7.22. The number of rotatable bonds is 5. The SMILES string of the molecule is C[N+](C)(C)CC(=O)NN=Cc1cccc(S(=O)(=O)O)c1. The van der Waals surface area contributed by atoms with E-state index in [4.69, 9.17) is 4.55 Å². The van der Waals surface area contributed by atoms with Gasteiger partial charge in [-0.05, 0) is 17.7 Å². The van der Waals surface area contributed by atoms with Crippen LogP contribution in [0.2, 0.25) is 0 Å². The van der Waals surface area contributed by atoms with Crippen LogP contribution in [0.1, 0.15) is 5.56 Å². The van der Waals surface area contributed by atoms with E-state index in [1.807, 2.05) is 21.1 Å². The lowest BCUT2D eigenvalue weighted by Gasteiger charge is -2.21. The molecule has 0 bridgehead atoms. The monoisotopic (exact) mass is 300 g/mol. The molecule has 1 rings (SSSR count). The van der Waals surface area contributed by atoms with E-state index in [2.05, 4.69) is 10.5 Å². The molecule has 8 heteroatoms. The summed E-state index contributed by atoms with van der Waals surface area (Å²) in [5, 5.41) is 3.74. The van der Waals surface area contributed by atoms with Gasteiger partial charge in [0.2, 0.25) is 0 Å². The number of carbonyl (C=O) groups excluding carboxylic acids is 1. The van der Waals surface area contributed by atoms with Gasteiger partial charge in [-0.2, -0.15) is 13.5 Å². The van der Waals surface area contributed by atoms with Gasteiger partial charge in [-0.25, -0.2) is 5.43 Å². The summed E-state index contributed by atoms with van der Waals surface area (Å²) in [6.45, 7) is 0.266. The van der Waals surface area contributed by atoms with Gasteiger partial charge in [0.1, 0.15) is 0 Å². The molecule has 0 aliphatic rings. The molecule has 0 fully saturated rings. The molecule has 0 saturated carbocycles. The van der Waals surface area contributed by atoms with E-state index in [1.54, 1.807) is 6.07 Å². The molecule has 0 spiro atoms. The van der Waals surface area contributed by atoms with Crippen molar-refractivity contribution in [3.05, 3.63) is 29.8 Å². The minimum absolute atomic E-state index is 0.223. The molecule has 7 nitrogen and oxygen atoms in total. The lowest BCUT2D eigenvalue weighted by Crippen LogP contribution is -2.43. The Morgan fingerprint density at radius 2 is 2.05 bits per heavy atom. The number of amides is 1.